The molecule has 228 valence electrons. The molecule has 2 aliphatic heterocycles. The fourth-order valence-corrected chi connectivity index (χ4v) is 5.95. The van der Waals surface area contributed by atoms with E-state index in [0.29, 0.717) is 11.6 Å². The normalized spacial score (nSPS) is 17.0. The minimum atomic E-state index is -3.33. The second-order valence-corrected chi connectivity index (χ2v) is 12.8. The number of anilines is 1. The predicted molar refractivity (Wildman–Crippen MR) is 151 cm³/mol. The Labute approximate surface area is 243 Å². The lowest BCUT2D eigenvalue weighted by molar-refractivity contribution is -0.0774. The second kappa shape index (κ2) is 14.0. The summed E-state index contributed by atoms with van der Waals surface area (Å²) in [4.78, 5) is 4.96. The molecular formula is C28H35F3N6O4S. The van der Waals surface area contributed by atoms with E-state index in [1.165, 1.54) is 17.7 Å². The molecule has 0 spiro atoms. The van der Waals surface area contributed by atoms with E-state index in [1.54, 1.807) is 0 Å². The molecule has 0 saturated carbocycles. The topological polar surface area (TPSA) is 113 Å². The molecular weight excluding hydrogens is 573 g/mol. The van der Waals surface area contributed by atoms with Crippen LogP contribution in [0.1, 0.15) is 23.4 Å². The van der Waals surface area contributed by atoms with E-state index in [9.17, 15) is 21.6 Å². The Morgan fingerprint density at radius 2 is 1.71 bits per heavy atom. The number of alkyl halides is 2. The van der Waals surface area contributed by atoms with Gasteiger partial charge in [-0.25, -0.2) is 12.8 Å². The minimum absolute atomic E-state index is 0.0272. The first-order chi connectivity index (χ1) is 20.3. The van der Waals surface area contributed by atoms with Gasteiger partial charge in [-0.05, 0) is 29.8 Å². The van der Waals surface area contributed by atoms with Crippen LogP contribution in [0.15, 0.2) is 46.9 Å². The first-order valence-electron chi connectivity index (χ1n) is 13.9. The van der Waals surface area contributed by atoms with Crippen LogP contribution in [0.5, 0.6) is 0 Å². The number of benzene rings is 2. The molecule has 0 unspecified atom stereocenters. The number of aromatic nitrogens is 2. The highest BCUT2D eigenvalue weighted by Crippen LogP contribution is 2.24. The number of sulfone groups is 1. The van der Waals surface area contributed by atoms with Gasteiger partial charge in [-0.1, -0.05) is 18.2 Å². The van der Waals surface area contributed by atoms with Gasteiger partial charge in [0.15, 0.2) is 9.84 Å². The smallest absolute Gasteiger partial charge is 0.314 e. The van der Waals surface area contributed by atoms with Gasteiger partial charge >= 0.3 is 6.43 Å². The molecule has 2 aliphatic rings. The first kappa shape index (κ1) is 30.4. The first-order valence-corrected chi connectivity index (χ1v) is 15.8. The predicted octanol–water partition coefficient (Wildman–Crippen LogP) is 2.95. The third-order valence-electron chi connectivity index (χ3n) is 7.48. The number of ether oxygens (including phenoxy) is 1. The van der Waals surface area contributed by atoms with Crippen LogP contribution >= 0.6 is 0 Å². The SMILES string of the molecule is O=S(=O)(CCNCc1ccc(-c2nnc(C(F)F)o2)cc1F)CCNc1ccc(CN2CCN(C3COC3)CC2)cc1. The lowest BCUT2D eigenvalue weighted by atomic mass is 10.1. The molecule has 1 aromatic heterocycles. The molecule has 2 aromatic carbocycles. The molecule has 2 N–H and O–H groups in total. The zero-order chi connectivity index (χ0) is 29.5. The van der Waals surface area contributed by atoms with E-state index in [2.05, 4.69) is 42.8 Å². The molecule has 0 aliphatic carbocycles. The van der Waals surface area contributed by atoms with Crippen LogP contribution in [0.2, 0.25) is 0 Å². The van der Waals surface area contributed by atoms with Crippen molar-refractivity contribution >= 4 is 15.5 Å². The number of piperazine rings is 1. The summed E-state index contributed by atoms with van der Waals surface area (Å²) in [6, 6.07) is 12.7. The van der Waals surface area contributed by atoms with Crippen molar-refractivity contribution in [3.63, 3.8) is 0 Å². The Kier molecular flexibility index (Phi) is 10.1. The average Bonchev–Trinajstić information content (AvgIpc) is 3.44. The van der Waals surface area contributed by atoms with Crippen LogP contribution in [0, 0.1) is 5.82 Å². The highest BCUT2D eigenvalue weighted by molar-refractivity contribution is 7.91. The number of halogens is 3. The van der Waals surface area contributed by atoms with E-state index in [0.717, 1.165) is 57.7 Å². The summed E-state index contributed by atoms with van der Waals surface area (Å²) in [6.45, 7) is 7.36. The number of hydrogen-bond acceptors (Lipinski definition) is 10. The minimum Gasteiger partial charge on any atom is -0.415 e. The fraction of sp³-hybridized carbons (Fsp3) is 0.500. The largest absolute Gasteiger partial charge is 0.415 e. The molecule has 3 aromatic rings. The lowest BCUT2D eigenvalue weighted by Gasteiger charge is -2.42. The Morgan fingerprint density at radius 1 is 0.976 bits per heavy atom. The lowest BCUT2D eigenvalue weighted by Crippen LogP contribution is -2.56. The van der Waals surface area contributed by atoms with E-state index in [-0.39, 0.29) is 42.6 Å². The standard InChI is InChI=1S/C28H35F3N6O4S/c29-25-15-21(27-34-35-28(41-27)26(30)31)3-4-22(25)16-32-7-13-42(38,39)14-8-33-23-5-1-20(2-6-23)17-36-9-11-37(12-10-36)24-18-40-19-24/h1-6,15,24,26,32-33H,7-14,16-19H2. The Balaban J connectivity index is 0.980. The fourth-order valence-electron chi connectivity index (χ4n) is 4.87. The summed E-state index contributed by atoms with van der Waals surface area (Å²) in [5.41, 5.74) is 2.56. The van der Waals surface area contributed by atoms with Gasteiger partial charge in [0.05, 0.1) is 30.8 Å². The molecule has 5 rings (SSSR count). The number of hydrogen-bond donors (Lipinski definition) is 2. The summed E-state index contributed by atoms with van der Waals surface area (Å²) < 4.78 is 74.8. The number of rotatable bonds is 14. The molecule has 0 atom stereocenters. The Bertz CT molecular complexity index is 1410. The third-order valence-corrected chi connectivity index (χ3v) is 9.13. The molecule has 10 nitrogen and oxygen atoms in total. The van der Waals surface area contributed by atoms with E-state index < -0.39 is 28.0 Å². The second-order valence-electron chi connectivity index (χ2n) is 10.5. The monoisotopic (exact) mass is 608 g/mol. The quantitative estimate of drug-likeness (QED) is 0.265. The number of nitrogens with zero attached hydrogens (tertiary/aromatic N) is 4. The molecule has 0 amide bonds. The van der Waals surface area contributed by atoms with Crippen molar-refractivity contribution in [1.29, 1.82) is 0 Å². The zero-order valence-electron chi connectivity index (χ0n) is 23.1. The molecule has 0 radical (unpaired) electrons. The molecule has 14 heteroatoms. The van der Waals surface area contributed by atoms with Gasteiger partial charge in [0.1, 0.15) is 5.82 Å². The van der Waals surface area contributed by atoms with E-state index in [1.807, 2.05) is 12.1 Å². The van der Waals surface area contributed by atoms with Crippen molar-refractivity contribution < 1.29 is 30.7 Å². The van der Waals surface area contributed by atoms with Gasteiger partial charge in [0, 0.05) is 69.2 Å². The Hall–Kier alpha value is -3.04. The summed E-state index contributed by atoms with van der Waals surface area (Å²) in [5.74, 6) is -1.75. The zero-order valence-corrected chi connectivity index (χ0v) is 24.0. The van der Waals surface area contributed by atoms with Crippen molar-refractivity contribution in [2.45, 2.75) is 25.6 Å². The summed E-state index contributed by atoms with van der Waals surface area (Å²) in [6.07, 6.45) is -2.91. The van der Waals surface area contributed by atoms with Crippen molar-refractivity contribution in [2.24, 2.45) is 0 Å². The van der Waals surface area contributed by atoms with Crippen molar-refractivity contribution in [1.82, 2.24) is 25.3 Å². The van der Waals surface area contributed by atoms with Crippen LogP contribution in [0.3, 0.4) is 0 Å². The maximum atomic E-state index is 14.5. The number of nitrogens with one attached hydrogen (secondary N) is 2. The van der Waals surface area contributed by atoms with Crippen molar-refractivity contribution in [3.05, 3.63) is 65.3 Å². The maximum Gasteiger partial charge on any atom is 0.314 e. The van der Waals surface area contributed by atoms with Gasteiger partial charge in [0.25, 0.3) is 5.89 Å². The Morgan fingerprint density at radius 3 is 2.36 bits per heavy atom. The average molecular weight is 609 g/mol. The van der Waals surface area contributed by atoms with Gasteiger partial charge in [-0.2, -0.15) is 8.78 Å². The maximum absolute atomic E-state index is 14.5. The summed E-state index contributed by atoms with van der Waals surface area (Å²) >= 11 is 0. The van der Waals surface area contributed by atoms with Gasteiger partial charge < -0.3 is 19.8 Å². The van der Waals surface area contributed by atoms with Gasteiger partial charge in [-0.3, -0.25) is 9.80 Å². The van der Waals surface area contributed by atoms with Gasteiger partial charge in [0.2, 0.25) is 5.89 Å². The van der Waals surface area contributed by atoms with Crippen LogP contribution in [-0.4, -0.2) is 98.4 Å². The summed E-state index contributed by atoms with van der Waals surface area (Å²) in [7, 11) is -3.33. The molecule has 42 heavy (non-hydrogen) atoms. The summed E-state index contributed by atoms with van der Waals surface area (Å²) in [5, 5.41) is 12.8. The van der Waals surface area contributed by atoms with Crippen molar-refractivity contribution in [3.8, 4) is 11.5 Å². The van der Waals surface area contributed by atoms with E-state index in [4.69, 9.17) is 9.15 Å². The van der Waals surface area contributed by atoms with Crippen LogP contribution in [0.25, 0.3) is 11.5 Å². The van der Waals surface area contributed by atoms with Gasteiger partial charge in [-0.15, -0.1) is 10.2 Å². The highest BCUT2D eigenvalue weighted by atomic mass is 32.2. The van der Waals surface area contributed by atoms with Crippen LogP contribution < -0.4 is 10.6 Å². The third kappa shape index (κ3) is 8.28. The van der Waals surface area contributed by atoms with Crippen molar-refractivity contribution in [2.75, 3.05) is 69.3 Å². The molecule has 3 heterocycles. The molecule has 2 saturated heterocycles. The van der Waals surface area contributed by atoms with E-state index >= 15 is 0 Å². The van der Waals surface area contributed by atoms with Crippen LogP contribution in [0.4, 0.5) is 18.9 Å². The van der Waals surface area contributed by atoms with Crippen LogP contribution in [-0.2, 0) is 27.7 Å². The highest BCUT2D eigenvalue weighted by Gasteiger charge is 2.28. The molecule has 0 bridgehead atoms. The molecule has 2 fully saturated rings.